The summed E-state index contributed by atoms with van der Waals surface area (Å²) in [6.45, 7) is 8.63. The predicted molar refractivity (Wildman–Crippen MR) is 59.9 cm³/mol. The smallest absolute Gasteiger partial charge is 0.303 e. The molecule has 86 valence electrons. The summed E-state index contributed by atoms with van der Waals surface area (Å²) in [6, 6.07) is 0.807. The maximum absolute atomic E-state index is 10.5. The molecule has 0 saturated carbocycles. The highest BCUT2D eigenvalue weighted by molar-refractivity contribution is 5.66. The minimum Gasteiger partial charge on any atom is -0.481 e. The molecule has 2 N–H and O–H groups in total. The number of hydrogen-bond donors (Lipinski definition) is 2. The van der Waals surface area contributed by atoms with E-state index in [1.54, 1.807) is 0 Å². The molecule has 15 heavy (non-hydrogen) atoms. The number of rotatable bonds is 5. The van der Waals surface area contributed by atoms with Gasteiger partial charge in [0, 0.05) is 38.1 Å². The molecule has 0 spiro atoms. The molecule has 1 aliphatic heterocycles. The zero-order valence-corrected chi connectivity index (χ0v) is 9.28. The highest BCUT2D eigenvalue weighted by Gasteiger charge is 2.23. The number of piperazine rings is 1. The molecule has 4 heteroatoms. The lowest BCUT2D eigenvalue weighted by Gasteiger charge is -2.38. The van der Waals surface area contributed by atoms with Crippen LogP contribution in [0.25, 0.3) is 0 Å². The van der Waals surface area contributed by atoms with Crippen LogP contribution in [0, 0.1) is 0 Å². The number of nitrogens with one attached hydrogen (secondary N) is 1. The average Bonchev–Trinajstić information content (AvgIpc) is 2.19. The van der Waals surface area contributed by atoms with Gasteiger partial charge < -0.3 is 10.4 Å². The second-order valence-electron chi connectivity index (χ2n) is 4.13. The van der Waals surface area contributed by atoms with Gasteiger partial charge >= 0.3 is 5.97 Å². The van der Waals surface area contributed by atoms with Gasteiger partial charge in [0.25, 0.3) is 0 Å². The molecule has 0 bridgehead atoms. The Balaban J connectivity index is 2.35. The van der Waals surface area contributed by atoms with Gasteiger partial charge in [0.2, 0.25) is 0 Å². The van der Waals surface area contributed by atoms with Crippen LogP contribution in [0.1, 0.15) is 19.8 Å². The van der Waals surface area contributed by atoms with Crippen LogP contribution >= 0.6 is 0 Å². The third-order valence-electron chi connectivity index (χ3n) is 2.85. The van der Waals surface area contributed by atoms with E-state index in [1.165, 1.54) is 0 Å². The molecule has 1 heterocycles. The maximum Gasteiger partial charge on any atom is 0.303 e. The zero-order chi connectivity index (χ0) is 11.3. The largest absolute Gasteiger partial charge is 0.481 e. The molecule has 4 nitrogen and oxygen atoms in total. The Labute approximate surface area is 91.0 Å². The molecule has 2 unspecified atom stereocenters. The van der Waals surface area contributed by atoms with Crippen molar-refractivity contribution in [1.82, 2.24) is 10.2 Å². The standard InChI is InChI=1S/C11H20N2O2/c1-3-6-13-8-10(4-5-11(14)15)12-7-9(13)2/h3,9-10,12H,1,4-8H2,2H3,(H,14,15). The Kier molecular flexibility index (Phi) is 4.78. The van der Waals surface area contributed by atoms with Crippen LogP contribution in [0.4, 0.5) is 0 Å². The molecule has 0 aromatic rings. The fourth-order valence-corrected chi connectivity index (χ4v) is 1.91. The molecule has 1 rings (SSSR count). The van der Waals surface area contributed by atoms with Gasteiger partial charge in [0.15, 0.2) is 0 Å². The van der Waals surface area contributed by atoms with Crippen molar-refractivity contribution >= 4 is 5.97 Å². The van der Waals surface area contributed by atoms with Crippen molar-refractivity contribution in [3.05, 3.63) is 12.7 Å². The van der Waals surface area contributed by atoms with Crippen molar-refractivity contribution in [2.75, 3.05) is 19.6 Å². The van der Waals surface area contributed by atoms with Gasteiger partial charge in [-0.15, -0.1) is 6.58 Å². The predicted octanol–water partition coefficient (Wildman–Crippen LogP) is 0.700. The second kappa shape index (κ2) is 5.88. The SMILES string of the molecule is C=CCN1CC(CCC(=O)O)NCC1C. The quantitative estimate of drug-likeness (QED) is 0.659. The number of carboxylic acids is 1. The third kappa shape index (κ3) is 4.01. The van der Waals surface area contributed by atoms with E-state index in [1.807, 2.05) is 6.08 Å². The van der Waals surface area contributed by atoms with Gasteiger partial charge in [0.1, 0.15) is 0 Å². The first-order valence-electron chi connectivity index (χ1n) is 5.43. The molecule has 0 aromatic heterocycles. The van der Waals surface area contributed by atoms with Crippen LogP contribution in [-0.2, 0) is 4.79 Å². The number of carbonyl (C=O) groups is 1. The summed E-state index contributed by atoms with van der Waals surface area (Å²) in [5, 5.41) is 12.0. The Morgan fingerprint density at radius 2 is 2.47 bits per heavy atom. The van der Waals surface area contributed by atoms with Gasteiger partial charge in [-0.25, -0.2) is 0 Å². The van der Waals surface area contributed by atoms with Gasteiger partial charge in [-0.05, 0) is 13.3 Å². The van der Waals surface area contributed by atoms with Crippen molar-refractivity contribution in [2.45, 2.75) is 31.8 Å². The molecule has 0 radical (unpaired) electrons. The van der Waals surface area contributed by atoms with Crippen LogP contribution in [0.5, 0.6) is 0 Å². The van der Waals surface area contributed by atoms with E-state index >= 15 is 0 Å². The topological polar surface area (TPSA) is 52.6 Å². The van der Waals surface area contributed by atoms with E-state index in [0.29, 0.717) is 18.5 Å². The molecule has 1 aliphatic rings. The van der Waals surface area contributed by atoms with Gasteiger partial charge in [-0.1, -0.05) is 6.08 Å². The highest BCUT2D eigenvalue weighted by Crippen LogP contribution is 2.10. The van der Waals surface area contributed by atoms with Crippen LogP contribution in [0.3, 0.4) is 0 Å². The Bertz CT molecular complexity index is 231. The van der Waals surface area contributed by atoms with Gasteiger partial charge in [-0.3, -0.25) is 9.69 Å². The minimum atomic E-state index is -0.717. The lowest BCUT2D eigenvalue weighted by molar-refractivity contribution is -0.137. The van der Waals surface area contributed by atoms with Crippen LogP contribution in [-0.4, -0.2) is 47.7 Å². The molecule has 0 amide bonds. The van der Waals surface area contributed by atoms with Crippen molar-refractivity contribution in [3.8, 4) is 0 Å². The van der Waals surface area contributed by atoms with Crippen molar-refractivity contribution in [3.63, 3.8) is 0 Å². The summed E-state index contributed by atoms with van der Waals surface area (Å²) >= 11 is 0. The molecule has 1 fully saturated rings. The van der Waals surface area contributed by atoms with Gasteiger partial charge in [-0.2, -0.15) is 0 Å². The molecule has 0 aromatic carbocycles. The summed E-state index contributed by atoms with van der Waals surface area (Å²) in [7, 11) is 0. The monoisotopic (exact) mass is 212 g/mol. The Hall–Kier alpha value is -0.870. The van der Waals surface area contributed by atoms with E-state index < -0.39 is 5.97 Å². The second-order valence-corrected chi connectivity index (χ2v) is 4.13. The molecular formula is C11H20N2O2. The molecule has 0 aliphatic carbocycles. The van der Waals surface area contributed by atoms with Crippen LogP contribution in [0.2, 0.25) is 0 Å². The van der Waals surface area contributed by atoms with Gasteiger partial charge in [0.05, 0.1) is 0 Å². The fraction of sp³-hybridized carbons (Fsp3) is 0.727. The summed E-state index contributed by atoms with van der Waals surface area (Å²) < 4.78 is 0. The summed E-state index contributed by atoms with van der Waals surface area (Å²) in [4.78, 5) is 12.8. The molecule has 2 atom stereocenters. The average molecular weight is 212 g/mol. The fourth-order valence-electron chi connectivity index (χ4n) is 1.91. The summed E-state index contributed by atoms with van der Waals surface area (Å²) in [5.41, 5.74) is 0. The number of hydrogen-bond acceptors (Lipinski definition) is 3. The minimum absolute atomic E-state index is 0.244. The molecular weight excluding hydrogens is 192 g/mol. The van der Waals surface area contributed by atoms with E-state index in [0.717, 1.165) is 19.6 Å². The van der Waals surface area contributed by atoms with Crippen molar-refractivity contribution in [2.24, 2.45) is 0 Å². The highest BCUT2D eigenvalue weighted by atomic mass is 16.4. The van der Waals surface area contributed by atoms with E-state index in [4.69, 9.17) is 5.11 Å². The lowest BCUT2D eigenvalue weighted by Crippen LogP contribution is -2.55. The Morgan fingerprint density at radius 3 is 3.07 bits per heavy atom. The first-order chi connectivity index (χ1) is 7.13. The first-order valence-corrected chi connectivity index (χ1v) is 5.43. The van der Waals surface area contributed by atoms with E-state index in [2.05, 4.69) is 23.7 Å². The molecule has 1 saturated heterocycles. The van der Waals surface area contributed by atoms with Crippen LogP contribution < -0.4 is 5.32 Å². The lowest BCUT2D eigenvalue weighted by atomic mass is 10.1. The summed E-state index contributed by atoms with van der Waals surface area (Å²) in [5.74, 6) is -0.717. The first kappa shape index (κ1) is 12.2. The zero-order valence-electron chi connectivity index (χ0n) is 9.28. The third-order valence-corrected chi connectivity index (χ3v) is 2.85. The van der Waals surface area contributed by atoms with Crippen molar-refractivity contribution < 1.29 is 9.90 Å². The Morgan fingerprint density at radius 1 is 1.73 bits per heavy atom. The van der Waals surface area contributed by atoms with Crippen molar-refractivity contribution in [1.29, 1.82) is 0 Å². The number of nitrogens with zero attached hydrogens (tertiary/aromatic N) is 1. The summed E-state index contributed by atoms with van der Waals surface area (Å²) in [6.07, 6.45) is 2.85. The maximum atomic E-state index is 10.5. The van der Waals surface area contributed by atoms with E-state index in [-0.39, 0.29) is 6.42 Å². The number of carboxylic acid groups (broad SMARTS) is 1. The normalized spacial score (nSPS) is 27.5. The van der Waals surface area contributed by atoms with E-state index in [9.17, 15) is 4.79 Å². The number of aliphatic carboxylic acids is 1. The van der Waals surface area contributed by atoms with Crippen LogP contribution in [0.15, 0.2) is 12.7 Å².